The zero-order valence-corrected chi connectivity index (χ0v) is 8.33. The van der Waals surface area contributed by atoms with Crippen molar-refractivity contribution in [2.24, 2.45) is 5.92 Å². The number of alkyl halides is 2. The summed E-state index contributed by atoms with van der Waals surface area (Å²) in [5.41, 5.74) is 0. The highest BCUT2D eigenvalue weighted by molar-refractivity contribution is 5.83. The summed E-state index contributed by atoms with van der Waals surface area (Å²) < 4.78 is 25.3. The molecule has 1 aliphatic rings. The van der Waals surface area contributed by atoms with Gasteiger partial charge >= 0.3 is 5.92 Å². The Balaban J connectivity index is 2.62. The molecular weight excluding hydrogens is 192 g/mol. The maximum Gasteiger partial charge on any atom is 0.322 e. The minimum Gasteiger partial charge on any atom is -0.391 e. The number of aliphatic hydroxyl groups excluding tert-OH is 1. The van der Waals surface area contributed by atoms with E-state index in [9.17, 15) is 18.7 Å². The summed E-state index contributed by atoms with van der Waals surface area (Å²) in [7, 11) is 0. The highest BCUT2D eigenvalue weighted by Crippen LogP contribution is 2.24. The third-order valence-corrected chi connectivity index (χ3v) is 2.59. The van der Waals surface area contributed by atoms with Gasteiger partial charge in [0.05, 0.1) is 6.10 Å². The maximum atomic E-state index is 12.7. The van der Waals surface area contributed by atoms with Crippen LogP contribution < -0.4 is 0 Å². The number of likely N-dealkylation sites (tertiary alicyclic amines) is 1. The van der Waals surface area contributed by atoms with Gasteiger partial charge in [-0.05, 0) is 6.42 Å². The predicted molar refractivity (Wildman–Crippen MR) is 47.0 cm³/mol. The zero-order chi connectivity index (χ0) is 10.9. The molecule has 0 aromatic carbocycles. The van der Waals surface area contributed by atoms with Gasteiger partial charge in [0.25, 0.3) is 5.91 Å². The molecule has 1 rings (SSSR count). The molecule has 1 N–H and O–H groups in total. The number of carbonyl (C=O) groups excluding carboxylic acids is 1. The molecule has 1 heterocycles. The van der Waals surface area contributed by atoms with Crippen LogP contribution in [0.2, 0.25) is 0 Å². The van der Waals surface area contributed by atoms with Crippen LogP contribution in [0.1, 0.15) is 20.3 Å². The Morgan fingerprint density at radius 1 is 1.57 bits per heavy atom. The summed E-state index contributed by atoms with van der Waals surface area (Å²) in [6, 6.07) is 0. The van der Waals surface area contributed by atoms with Crippen molar-refractivity contribution in [1.29, 1.82) is 0 Å². The van der Waals surface area contributed by atoms with Gasteiger partial charge in [-0.3, -0.25) is 4.79 Å². The molecule has 3 nitrogen and oxygen atoms in total. The van der Waals surface area contributed by atoms with E-state index in [1.807, 2.05) is 6.92 Å². The van der Waals surface area contributed by atoms with Crippen molar-refractivity contribution in [3.8, 4) is 0 Å². The number of hydrogen-bond donors (Lipinski definition) is 1. The Kier molecular flexibility index (Phi) is 3.09. The number of hydrogen-bond acceptors (Lipinski definition) is 2. The lowest BCUT2D eigenvalue weighted by molar-refractivity contribution is -0.154. The van der Waals surface area contributed by atoms with E-state index in [2.05, 4.69) is 0 Å². The summed E-state index contributed by atoms with van der Waals surface area (Å²) in [4.78, 5) is 12.2. The van der Waals surface area contributed by atoms with Gasteiger partial charge in [-0.1, -0.05) is 6.92 Å². The lowest BCUT2D eigenvalue weighted by atomic mass is 10.0. The second-order valence-electron chi connectivity index (χ2n) is 3.83. The predicted octanol–water partition coefficient (Wildman–Crippen LogP) is 0.871. The van der Waals surface area contributed by atoms with Gasteiger partial charge in [-0.15, -0.1) is 0 Å². The quantitative estimate of drug-likeness (QED) is 0.730. The zero-order valence-electron chi connectivity index (χ0n) is 8.33. The Labute approximate surface area is 81.7 Å². The molecule has 1 amide bonds. The Bertz CT molecular complexity index is 227. The highest BCUT2D eigenvalue weighted by Gasteiger charge is 2.42. The molecule has 0 saturated carbocycles. The number of amides is 1. The van der Waals surface area contributed by atoms with Gasteiger partial charge in [0.1, 0.15) is 0 Å². The van der Waals surface area contributed by atoms with E-state index in [-0.39, 0.29) is 19.0 Å². The monoisotopic (exact) mass is 207 g/mol. The molecule has 1 aliphatic heterocycles. The number of carbonyl (C=O) groups is 1. The van der Waals surface area contributed by atoms with E-state index >= 15 is 0 Å². The van der Waals surface area contributed by atoms with Crippen LogP contribution in [0.3, 0.4) is 0 Å². The lowest BCUT2D eigenvalue weighted by Gasteiger charge is -2.19. The molecule has 0 aromatic rings. The molecule has 0 spiro atoms. The molecule has 14 heavy (non-hydrogen) atoms. The maximum absolute atomic E-state index is 12.7. The fourth-order valence-corrected chi connectivity index (χ4v) is 1.70. The largest absolute Gasteiger partial charge is 0.391 e. The minimum atomic E-state index is -3.33. The van der Waals surface area contributed by atoms with E-state index < -0.39 is 17.9 Å². The normalized spacial score (nSPS) is 28.2. The molecule has 0 bridgehead atoms. The molecular formula is C9H15F2NO2. The van der Waals surface area contributed by atoms with Crippen molar-refractivity contribution < 1.29 is 18.7 Å². The second-order valence-corrected chi connectivity index (χ2v) is 3.83. The van der Waals surface area contributed by atoms with Crippen LogP contribution in [0.4, 0.5) is 8.78 Å². The molecule has 2 unspecified atom stereocenters. The van der Waals surface area contributed by atoms with Crippen LogP contribution in [-0.2, 0) is 4.79 Å². The topological polar surface area (TPSA) is 40.5 Å². The van der Waals surface area contributed by atoms with Gasteiger partial charge in [-0.25, -0.2) is 0 Å². The first kappa shape index (κ1) is 11.4. The molecule has 0 radical (unpaired) electrons. The highest BCUT2D eigenvalue weighted by atomic mass is 19.3. The fraction of sp³-hybridized carbons (Fsp3) is 0.889. The molecule has 0 aromatic heterocycles. The van der Waals surface area contributed by atoms with Crippen molar-refractivity contribution >= 4 is 5.91 Å². The van der Waals surface area contributed by atoms with Crippen molar-refractivity contribution in [3.05, 3.63) is 0 Å². The third kappa shape index (κ3) is 2.20. The number of β-amino-alcohol motifs (C(OH)–C–C–N with tert-alkyl or cyclic N) is 1. The Morgan fingerprint density at radius 3 is 2.50 bits per heavy atom. The first-order chi connectivity index (χ1) is 6.36. The SMILES string of the molecule is CCC1CN(C(=O)C(C)(F)F)CC1O. The summed E-state index contributed by atoms with van der Waals surface area (Å²) in [6.07, 6.45) is 0.0338. The van der Waals surface area contributed by atoms with Gasteiger partial charge in [-0.2, -0.15) is 8.78 Å². The molecule has 1 saturated heterocycles. The summed E-state index contributed by atoms with van der Waals surface area (Å²) in [6.45, 7) is 2.72. The minimum absolute atomic E-state index is 0.0285. The Hall–Kier alpha value is -0.710. The van der Waals surface area contributed by atoms with Crippen molar-refractivity contribution in [2.75, 3.05) is 13.1 Å². The average molecular weight is 207 g/mol. The standard InChI is InChI=1S/C9H15F2NO2/c1-3-6-4-12(5-7(6)13)8(14)9(2,10)11/h6-7,13H,3-5H2,1-2H3. The fourth-order valence-electron chi connectivity index (χ4n) is 1.70. The van der Waals surface area contributed by atoms with E-state index in [4.69, 9.17) is 0 Å². The molecule has 1 fully saturated rings. The lowest BCUT2D eigenvalue weighted by Crippen LogP contribution is -2.40. The van der Waals surface area contributed by atoms with E-state index in [0.29, 0.717) is 13.3 Å². The molecule has 5 heteroatoms. The number of rotatable bonds is 2. The number of aliphatic hydroxyl groups is 1. The van der Waals surface area contributed by atoms with Gasteiger partial charge < -0.3 is 10.0 Å². The molecule has 0 aliphatic carbocycles. The third-order valence-electron chi connectivity index (χ3n) is 2.59. The van der Waals surface area contributed by atoms with Crippen LogP contribution in [0.5, 0.6) is 0 Å². The van der Waals surface area contributed by atoms with Crippen LogP contribution in [0.25, 0.3) is 0 Å². The van der Waals surface area contributed by atoms with Crippen LogP contribution in [0, 0.1) is 5.92 Å². The first-order valence-corrected chi connectivity index (χ1v) is 4.71. The van der Waals surface area contributed by atoms with Crippen LogP contribution in [-0.4, -0.2) is 41.0 Å². The average Bonchev–Trinajstić information content (AvgIpc) is 2.43. The summed E-state index contributed by atoms with van der Waals surface area (Å²) in [5.74, 6) is -4.59. The number of halogens is 2. The van der Waals surface area contributed by atoms with Gasteiger partial charge in [0, 0.05) is 25.9 Å². The summed E-state index contributed by atoms with van der Waals surface area (Å²) in [5, 5.41) is 9.44. The molecule has 82 valence electrons. The first-order valence-electron chi connectivity index (χ1n) is 4.71. The van der Waals surface area contributed by atoms with E-state index in [1.54, 1.807) is 0 Å². The van der Waals surface area contributed by atoms with Gasteiger partial charge in [0.15, 0.2) is 0 Å². The van der Waals surface area contributed by atoms with Crippen molar-refractivity contribution in [2.45, 2.75) is 32.3 Å². The second kappa shape index (κ2) is 3.81. The summed E-state index contributed by atoms with van der Waals surface area (Å²) >= 11 is 0. The van der Waals surface area contributed by atoms with Crippen molar-refractivity contribution in [1.82, 2.24) is 4.90 Å². The Morgan fingerprint density at radius 2 is 2.14 bits per heavy atom. The van der Waals surface area contributed by atoms with Crippen molar-refractivity contribution in [3.63, 3.8) is 0 Å². The van der Waals surface area contributed by atoms with Crippen LogP contribution >= 0.6 is 0 Å². The van der Waals surface area contributed by atoms with Gasteiger partial charge in [0.2, 0.25) is 0 Å². The van der Waals surface area contributed by atoms with Crippen LogP contribution in [0.15, 0.2) is 0 Å². The van der Waals surface area contributed by atoms with E-state index in [0.717, 1.165) is 4.90 Å². The molecule has 2 atom stereocenters. The smallest absolute Gasteiger partial charge is 0.322 e. The number of nitrogens with zero attached hydrogens (tertiary/aromatic N) is 1. The van der Waals surface area contributed by atoms with E-state index in [1.165, 1.54) is 0 Å².